The molecule has 0 saturated carbocycles. The van der Waals surface area contributed by atoms with E-state index in [-0.39, 0.29) is 57.4 Å². The molecule has 0 bridgehead atoms. The largest absolute Gasteiger partial charge is 3.00 e. The normalized spacial score (nSPS) is 11.5. The Morgan fingerprint density at radius 3 is 1.91 bits per heavy atom. The molecule has 1 rings (SSSR count). The van der Waals surface area contributed by atoms with E-state index in [2.05, 4.69) is 72.7 Å². The smallest absolute Gasteiger partial charge is 1.00 e. The molecule has 23 heavy (non-hydrogen) atoms. The van der Waals surface area contributed by atoms with Crippen molar-refractivity contribution in [3.8, 4) is 0 Å². The Balaban J connectivity index is -0.00000133. The van der Waals surface area contributed by atoms with Gasteiger partial charge in [0.15, 0.2) is 0 Å². The van der Waals surface area contributed by atoms with Crippen molar-refractivity contribution in [2.45, 2.75) is 71.6 Å². The van der Waals surface area contributed by atoms with Gasteiger partial charge in [-0.2, -0.15) is 17.2 Å². The molecule has 0 aliphatic heterocycles. The zero-order chi connectivity index (χ0) is 15.6. The third-order valence-electron chi connectivity index (χ3n) is 5.04. The second kappa shape index (κ2) is 11.3. The summed E-state index contributed by atoms with van der Waals surface area (Å²) >= 11 is 0. The third kappa shape index (κ3) is 7.16. The van der Waals surface area contributed by atoms with Gasteiger partial charge >= 0.3 is 21.7 Å². The molecule has 1 radical (unpaired) electrons. The van der Waals surface area contributed by atoms with Crippen LogP contribution in [0.15, 0.2) is 12.1 Å². The predicted molar refractivity (Wildman–Crippen MR) is 90.9 cm³/mol. The molecule has 0 N–H and O–H groups in total. The Bertz CT molecular complexity index is 437. The molecule has 4 heteroatoms. The molecule has 0 aromatic heterocycles. The second-order valence-corrected chi connectivity index (χ2v) is 7.68. The molecule has 0 heterocycles. The molecule has 0 amide bonds. The molecular formula is C19H34Cl2NTi. The minimum absolute atomic E-state index is 0. The van der Waals surface area contributed by atoms with Gasteiger partial charge < -0.3 is 29.7 Å². The van der Waals surface area contributed by atoms with E-state index in [0.717, 1.165) is 13.0 Å². The molecule has 0 saturated heterocycles. The van der Waals surface area contributed by atoms with Crippen LogP contribution in [0.2, 0.25) is 0 Å². The predicted octanol–water partition coefficient (Wildman–Crippen LogP) is -1.11. The van der Waals surface area contributed by atoms with E-state index in [4.69, 9.17) is 0 Å². The maximum absolute atomic E-state index is 2.40. The van der Waals surface area contributed by atoms with Crippen molar-refractivity contribution in [2.75, 3.05) is 20.6 Å². The molecule has 1 nitrogen and oxygen atoms in total. The fraction of sp³-hybridized carbons (Fsp3) is 0.737. The number of nitrogens with zero attached hydrogens (tertiary/aromatic N) is 1. The number of hydrogen-bond acceptors (Lipinski definition) is 1. The zero-order valence-electron chi connectivity index (χ0n) is 16.2. The van der Waals surface area contributed by atoms with Crippen molar-refractivity contribution in [3.05, 3.63) is 28.8 Å². The van der Waals surface area contributed by atoms with Crippen molar-refractivity contribution in [2.24, 2.45) is 0 Å². The average Bonchev–Trinajstić information content (AvgIpc) is 2.81. The molecule has 0 unspecified atom stereocenters. The Morgan fingerprint density at radius 2 is 1.52 bits per heavy atom. The summed E-state index contributed by atoms with van der Waals surface area (Å²) in [5.74, 6) is 0. The van der Waals surface area contributed by atoms with Crippen LogP contribution in [0.4, 0.5) is 0 Å². The van der Waals surface area contributed by atoms with Crippen LogP contribution in [0, 0.1) is 0 Å². The molecule has 1 aromatic carbocycles. The first-order valence-corrected chi connectivity index (χ1v) is 8.10. The number of likely N-dealkylation sites (N-methyl/N-ethyl adjacent to an activating group) is 1. The van der Waals surface area contributed by atoms with Crippen LogP contribution in [0.1, 0.15) is 71.1 Å². The van der Waals surface area contributed by atoms with Gasteiger partial charge in [-0.1, -0.05) is 59.8 Å². The molecule has 0 atom stereocenters. The van der Waals surface area contributed by atoms with E-state index in [1.165, 1.54) is 12.8 Å². The minimum Gasteiger partial charge on any atom is -1.00 e. The van der Waals surface area contributed by atoms with Crippen molar-refractivity contribution >= 4 is 0 Å². The fourth-order valence-corrected chi connectivity index (χ4v) is 2.81. The molecule has 0 aliphatic rings. The summed E-state index contributed by atoms with van der Waals surface area (Å²) < 4.78 is 0. The fourth-order valence-electron chi connectivity index (χ4n) is 2.81. The first-order chi connectivity index (χ1) is 9.15. The standard InChI is InChI=1S/C19H34N.2ClH.Ti/c1-9-18(3,4)16-12-11-15(13-14-20(7)8)17(16)19(5,6)10-2;;;/h11-12H,9-10,13-14H2,1-8H3;2*1H;/q-1;;;+3/p-2. The summed E-state index contributed by atoms with van der Waals surface area (Å²) in [4.78, 5) is 2.28. The van der Waals surface area contributed by atoms with Gasteiger partial charge in [0.1, 0.15) is 0 Å². The molecule has 0 fully saturated rings. The summed E-state index contributed by atoms with van der Waals surface area (Å²) in [6.45, 7) is 15.3. The summed E-state index contributed by atoms with van der Waals surface area (Å²) in [6, 6.07) is 4.77. The summed E-state index contributed by atoms with van der Waals surface area (Å²) in [6.07, 6.45) is 3.54. The van der Waals surface area contributed by atoms with Gasteiger partial charge in [0.2, 0.25) is 0 Å². The summed E-state index contributed by atoms with van der Waals surface area (Å²) in [5, 5.41) is 0. The van der Waals surface area contributed by atoms with Gasteiger partial charge in [-0.05, 0) is 32.5 Å². The Hall–Kier alpha value is 0.604. The van der Waals surface area contributed by atoms with Crippen molar-refractivity contribution in [3.63, 3.8) is 0 Å². The first kappa shape index (κ1) is 28.4. The van der Waals surface area contributed by atoms with E-state index >= 15 is 0 Å². The van der Waals surface area contributed by atoms with Crippen LogP contribution < -0.4 is 24.8 Å². The van der Waals surface area contributed by atoms with Crippen LogP contribution in [-0.4, -0.2) is 25.5 Å². The van der Waals surface area contributed by atoms with Crippen molar-refractivity contribution in [1.82, 2.24) is 4.90 Å². The van der Waals surface area contributed by atoms with Crippen molar-refractivity contribution in [1.29, 1.82) is 0 Å². The van der Waals surface area contributed by atoms with Gasteiger partial charge in [0, 0.05) is 0 Å². The van der Waals surface area contributed by atoms with E-state index < -0.39 is 0 Å². The van der Waals surface area contributed by atoms with E-state index in [9.17, 15) is 0 Å². The summed E-state index contributed by atoms with van der Waals surface area (Å²) in [7, 11) is 4.31. The molecular weight excluding hydrogens is 361 g/mol. The Labute approximate surface area is 172 Å². The van der Waals surface area contributed by atoms with Crippen LogP contribution in [0.3, 0.4) is 0 Å². The first-order valence-electron chi connectivity index (χ1n) is 8.10. The number of rotatable bonds is 7. The van der Waals surface area contributed by atoms with E-state index in [0.29, 0.717) is 0 Å². The van der Waals surface area contributed by atoms with Crippen LogP contribution in [0.5, 0.6) is 0 Å². The van der Waals surface area contributed by atoms with Crippen molar-refractivity contribution < 1.29 is 46.5 Å². The molecule has 1 aromatic rings. The molecule has 0 spiro atoms. The zero-order valence-corrected chi connectivity index (χ0v) is 19.3. The monoisotopic (exact) mass is 394 g/mol. The summed E-state index contributed by atoms with van der Waals surface area (Å²) in [5.41, 5.74) is 5.29. The van der Waals surface area contributed by atoms with Gasteiger partial charge in [0.05, 0.1) is 0 Å². The third-order valence-corrected chi connectivity index (χ3v) is 5.04. The number of hydrogen-bond donors (Lipinski definition) is 0. The minimum atomic E-state index is 0. The Morgan fingerprint density at radius 1 is 1.00 bits per heavy atom. The SMILES string of the molecule is CCC(C)(C)c1c(CCN(C)C)cc[c-]1C(C)(C)CC.[Cl-].[Cl-].[Ti+3]. The quantitative estimate of drug-likeness (QED) is 0.418. The van der Waals surface area contributed by atoms with Crippen LogP contribution >= 0.6 is 0 Å². The van der Waals surface area contributed by atoms with Gasteiger partial charge in [-0.15, -0.1) is 5.56 Å². The number of halogens is 2. The average molecular weight is 395 g/mol. The van der Waals surface area contributed by atoms with E-state index in [1.807, 2.05) is 0 Å². The van der Waals surface area contributed by atoms with Gasteiger partial charge in [0.25, 0.3) is 0 Å². The molecule has 133 valence electrons. The Kier molecular flexibility index (Phi) is 13.9. The van der Waals surface area contributed by atoms with E-state index in [1.54, 1.807) is 16.7 Å². The van der Waals surface area contributed by atoms with Crippen LogP contribution in [-0.2, 0) is 39.0 Å². The topological polar surface area (TPSA) is 3.24 Å². The van der Waals surface area contributed by atoms with Crippen LogP contribution in [0.25, 0.3) is 0 Å². The molecule has 0 aliphatic carbocycles. The maximum atomic E-state index is 2.40. The maximum Gasteiger partial charge on any atom is 3.00 e. The van der Waals surface area contributed by atoms with Gasteiger partial charge in [-0.3, -0.25) is 0 Å². The second-order valence-electron chi connectivity index (χ2n) is 7.68. The van der Waals surface area contributed by atoms with Gasteiger partial charge in [-0.25, -0.2) is 6.07 Å².